The SMILES string of the molecule is CC1CCC(N(C)C(=S)Nc2ccc(OC(F)(F)F)cc2)CC1. The fourth-order valence-electron chi connectivity index (χ4n) is 2.75. The molecule has 1 fully saturated rings. The van der Waals surface area contributed by atoms with E-state index in [9.17, 15) is 13.2 Å². The molecule has 0 aromatic heterocycles. The normalized spacial score (nSPS) is 21.6. The van der Waals surface area contributed by atoms with Crippen LogP contribution in [0.1, 0.15) is 32.6 Å². The van der Waals surface area contributed by atoms with Crippen molar-refractivity contribution < 1.29 is 17.9 Å². The molecule has 1 aliphatic carbocycles. The summed E-state index contributed by atoms with van der Waals surface area (Å²) in [4.78, 5) is 2.04. The van der Waals surface area contributed by atoms with E-state index < -0.39 is 6.36 Å². The van der Waals surface area contributed by atoms with Crippen LogP contribution in [0, 0.1) is 5.92 Å². The van der Waals surface area contributed by atoms with Crippen molar-refractivity contribution in [1.29, 1.82) is 0 Å². The molecule has 0 heterocycles. The molecule has 0 unspecified atom stereocenters. The summed E-state index contributed by atoms with van der Waals surface area (Å²) in [5.41, 5.74) is 0.639. The van der Waals surface area contributed by atoms with Crippen molar-refractivity contribution in [2.75, 3.05) is 12.4 Å². The molecule has 1 aromatic carbocycles. The van der Waals surface area contributed by atoms with E-state index in [-0.39, 0.29) is 5.75 Å². The Labute approximate surface area is 139 Å². The molecule has 0 radical (unpaired) electrons. The van der Waals surface area contributed by atoms with E-state index in [4.69, 9.17) is 12.2 Å². The van der Waals surface area contributed by atoms with Crippen molar-refractivity contribution in [2.45, 2.75) is 45.0 Å². The number of hydrogen-bond donors (Lipinski definition) is 1. The summed E-state index contributed by atoms with van der Waals surface area (Å²) in [6.07, 6.45) is -0.0690. The molecule has 0 aliphatic heterocycles. The number of benzene rings is 1. The lowest BCUT2D eigenvalue weighted by molar-refractivity contribution is -0.274. The Bertz CT molecular complexity index is 525. The van der Waals surface area contributed by atoms with Gasteiger partial charge in [-0.05, 0) is 68.1 Å². The minimum Gasteiger partial charge on any atom is -0.406 e. The Balaban J connectivity index is 1.89. The van der Waals surface area contributed by atoms with Crippen LogP contribution in [0.25, 0.3) is 0 Å². The summed E-state index contributed by atoms with van der Waals surface area (Å²) in [5, 5.41) is 3.64. The highest BCUT2D eigenvalue weighted by atomic mass is 32.1. The van der Waals surface area contributed by atoms with Gasteiger partial charge in [0.05, 0.1) is 0 Å². The molecule has 23 heavy (non-hydrogen) atoms. The van der Waals surface area contributed by atoms with Crippen molar-refractivity contribution in [3.8, 4) is 5.75 Å². The summed E-state index contributed by atoms with van der Waals surface area (Å²) >= 11 is 5.39. The number of nitrogens with zero attached hydrogens (tertiary/aromatic N) is 1. The molecular formula is C16H21F3N2OS. The van der Waals surface area contributed by atoms with Crippen LogP contribution in [-0.2, 0) is 0 Å². The predicted octanol–water partition coefficient (Wildman–Crippen LogP) is 4.79. The third-order valence-corrected chi connectivity index (χ3v) is 4.58. The highest BCUT2D eigenvalue weighted by molar-refractivity contribution is 7.80. The van der Waals surface area contributed by atoms with E-state index in [0.717, 1.165) is 18.8 Å². The average molecular weight is 346 g/mol. The van der Waals surface area contributed by atoms with Crippen molar-refractivity contribution in [1.82, 2.24) is 4.90 Å². The second-order valence-corrected chi connectivity index (χ2v) is 6.41. The third kappa shape index (κ3) is 5.57. The van der Waals surface area contributed by atoms with Gasteiger partial charge < -0.3 is 15.0 Å². The van der Waals surface area contributed by atoms with Crippen LogP contribution in [0.4, 0.5) is 18.9 Å². The topological polar surface area (TPSA) is 24.5 Å². The highest BCUT2D eigenvalue weighted by Crippen LogP contribution is 2.27. The molecule has 2 rings (SSSR count). The van der Waals surface area contributed by atoms with Crippen LogP contribution >= 0.6 is 12.2 Å². The molecule has 1 saturated carbocycles. The molecule has 0 amide bonds. The number of thiocarbonyl (C=S) groups is 1. The molecule has 1 aromatic rings. The number of rotatable bonds is 3. The molecular weight excluding hydrogens is 325 g/mol. The summed E-state index contributed by atoms with van der Waals surface area (Å²) in [5.74, 6) is 0.519. The number of ether oxygens (including phenoxy) is 1. The first-order valence-corrected chi connectivity index (χ1v) is 8.05. The number of hydrogen-bond acceptors (Lipinski definition) is 2. The Morgan fingerprint density at radius 3 is 2.26 bits per heavy atom. The van der Waals surface area contributed by atoms with Crippen LogP contribution in [0.5, 0.6) is 5.75 Å². The quantitative estimate of drug-likeness (QED) is 0.795. The fourth-order valence-corrected chi connectivity index (χ4v) is 3.01. The van der Waals surface area contributed by atoms with Gasteiger partial charge in [-0.3, -0.25) is 0 Å². The van der Waals surface area contributed by atoms with Gasteiger partial charge in [-0.15, -0.1) is 13.2 Å². The summed E-state index contributed by atoms with van der Waals surface area (Å²) in [7, 11) is 1.96. The zero-order valence-corrected chi connectivity index (χ0v) is 14.0. The zero-order chi connectivity index (χ0) is 17.0. The van der Waals surface area contributed by atoms with Gasteiger partial charge in [0, 0.05) is 18.8 Å². The van der Waals surface area contributed by atoms with E-state index in [1.54, 1.807) is 0 Å². The van der Waals surface area contributed by atoms with Crippen LogP contribution in [0.3, 0.4) is 0 Å². The van der Waals surface area contributed by atoms with Crippen molar-refractivity contribution in [2.24, 2.45) is 5.92 Å². The minimum absolute atomic E-state index is 0.247. The maximum absolute atomic E-state index is 12.1. The second-order valence-electron chi connectivity index (χ2n) is 6.03. The Hall–Kier alpha value is -1.50. The first-order chi connectivity index (χ1) is 10.7. The molecule has 3 nitrogen and oxygen atoms in total. The molecule has 1 N–H and O–H groups in total. The monoisotopic (exact) mass is 346 g/mol. The third-order valence-electron chi connectivity index (χ3n) is 4.19. The van der Waals surface area contributed by atoms with Gasteiger partial charge in [-0.1, -0.05) is 6.92 Å². The summed E-state index contributed by atoms with van der Waals surface area (Å²) in [6.45, 7) is 2.26. The average Bonchev–Trinajstić information content (AvgIpc) is 2.48. The minimum atomic E-state index is -4.68. The van der Waals surface area contributed by atoms with E-state index >= 15 is 0 Å². The maximum Gasteiger partial charge on any atom is 0.573 e. The van der Waals surface area contributed by atoms with E-state index in [1.165, 1.54) is 37.1 Å². The van der Waals surface area contributed by atoms with Crippen molar-refractivity contribution in [3.05, 3.63) is 24.3 Å². The first kappa shape index (κ1) is 17.8. The number of anilines is 1. The van der Waals surface area contributed by atoms with Gasteiger partial charge in [0.1, 0.15) is 5.75 Å². The Morgan fingerprint density at radius 1 is 1.17 bits per heavy atom. The van der Waals surface area contributed by atoms with Gasteiger partial charge in [0.15, 0.2) is 5.11 Å². The fraction of sp³-hybridized carbons (Fsp3) is 0.562. The van der Waals surface area contributed by atoms with Crippen LogP contribution in [-0.4, -0.2) is 29.5 Å². The van der Waals surface area contributed by atoms with Crippen LogP contribution in [0.15, 0.2) is 24.3 Å². The largest absolute Gasteiger partial charge is 0.573 e. The zero-order valence-electron chi connectivity index (χ0n) is 13.2. The Morgan fingerprint density at radius 2 is 1.74 bits per heavy atom. The van der Waals surface area contributed by atoms with Crippen molar-refractivity contribution in [3.63, 3.8) is 0 Å². The Kier molecular flexibility index (Phi) is 5.73. The number of nitrogens with one attached hydrogen (secondary N) is 1. The molecule has 0 saturated heterocycles. The molecule has 1 aliphatic rings. The molecule has 7 heteroatoms. The number of alkyl halides is 3. The van der Waals surface area contributed by atoms with E-state index in [0.29, 0.717) is 16.8 Å². The van der Waals surface area contributed by atoms with E-state index in [1.807, 2.05) is 11.9 Å². The first-order valence-electron chi connectivity index (χ1n) is 7.64. The van der Waals surface area contributed by atoms with Gasteiger partial charge in [-0.25, -0.2) is 0 Å². The lowest BCUT2D eigenvalue weighted by Gasteiger charge is -2.35. The van der Waals surface area contributed by atoms with Crippen LogP contribution < -0.4 is 10.1 Å². The predicted molar refractivity (Wildman–Crippen MR) is 88.5 cm³/mol. The van der Waals surface area contributed by atoms with Crippen molar-refractivity contribution >= 4 is 23.0 Å². The smallest absolute Gasteiger partial charge is 0.406 e. The molecule has 0 atom stereocenters. The molecule has 128 valence electrons. The highest BCUT2D eigenvalue weighted by Gasteiger charge is 2.31. The standard InChI is InChI=1S/C16H21F3N2OS/c1-11-3-7-13(8-4-11)21(2)15(23)20-12-5-9-14(10-6-12)22-16(17,18)19/h5-6,9-11,13H,3-4,7-8H2,1-2H3,(H,20,23). The maximum atomic E-state index is 12.1. The molecule has 0 spiro atoms. The summed E-state index contributed by atoms with van der Waals surface area (Å²) in [6, 6.07) is 5.98. The second kappa shape index (κ2) is 7.38. The van der Waals surface area contributed by atoms with Gasteiger partial charge in [0.2, 0.25) is 0 Å². The lowest BCUT2D eigenvalue weighted by atomic mass is 9.87. The van der Waals surface area contributed by atoms with Gasteiger partial charge in [-0.2, -0.15) is 0 Å². The van der Waals surface area contributed by atoms with Gasteiger partial charge >= 0.3 is 6.36 Å². The molecule has 0 bridgehead atoms. The lowest BCUT2D eigenvalue weighted by Crippen LogP contribution is -2.41. The van der Waals surface area contributed by atoms with Crippen LogP contribution in [0.2, 0.25) is 0 Å². The van der Waals surface area contributed by atoms with Gasteiger partial charge in [0.25, 0.3) is 0 Å². The number of halogens is 3. The summed E-state index contributed by atoms with van der Waals surface area (Å²) < 4.78 is 40.2. The van der Waals surface area contributed by atoms with E-state index in [2.05, 4.69) is 17.0 Å².